The van der Waals surface area contributed by atoms with Crippen LogP contribution in [0.25, 0.3) is 0 Å². The van der Waals surface area contributed by atoms with E-state index in [0.717, 1.165) is 5.56 Å². The average Bonchev–Trinajstić information content (AvgIpc) is 2.37. The molecule has 0 aliphatic rings. The molecule has 0 saturated heterocycles. The third kappa shape index (κ3) is 4.33. The third-order valence-electron chi connectivity index (χ3n) is 3.10. The number of carboxylic acids is 1. The van der Waals surface area contributed by atoms with E-state index in [9.17, 15) is 14.9 Å². The molecule has 0 radical (unpaired) electrons. The minimum Gasteiger partial charge on any atom is -0.480 e. The number of benzene rings is 1. The van der Waals surface area contributed by atoms with Crippen LogP contribution in [0.5, 0.6) is 0 Å². The lowest BCUT2D eigenvalue weighted by Crippen LogP contribution is -2.39. The summed E-state index contributed by atoms with van der Waals surface area (Å²) in [5, 5.41) is 19.5. The van der Waals surface area contributed by atoms with Crippen LogP contribution in [0, 0.1) is 10.1 Å². The van der Waals surface area contributed by atoms with E-state index in [0.29, 0.717) is 19.4 Å². The topological polar surface area (TPSA) is 83.7 Å². The average molecular weight is 266 g/mol. The largest absolute Gasteiger partial charge is 0.480 e. The quantitative estimate of drug-likeness (QED) is 0.602. The standard InChI is InChI=1S/C13H18N2O4/c1-3-12(13(16)17)14(2)9-8-10-4-6-11(7-5-10)15(18)19/h4-7,12H,3,8-9H2,1-2H3,(H,16,17). The Balaban J connectivity index is 2.56. The van der Waals surface area contributed by atoms with Gasteiger partial charge in [0.1, 0.15) is 6.04 Å². The lowest BCUT2D eigenvalue weighted by molar-refractivity contribution is -0.384. The Morgan fingerprint density at radius 2 is 2.00 bits per heavy atom. The summed E-state index contributed by atoms with van der Waals surface area (Å²) in [7, 11) is 1.77. The van der Waals surface area contributed by atoms with Crippen molar-refractivity contribution < 1.29 is 14.8 Å². The first-order valence-electron chi connectivity index (χ1n) is 6.12. The van der Waals surface area contributed by atoms with E-state index in [1.165, 1.54) is 12.1 Å². The first kappa shape index (κ1) is 15.1. The zero-order valence-electron chi connectivity index (χ0n) is 11.1. The van der Waals surface area contributed by atoms with E-state index < -0.39 is 16.9 Å². The molecule has 0 heterocycles. The molecule has 0 amide bonds. The molecular formula is C13H18N2O4. The van der Waals surface area contributed by atoms with Crippen LogP contribution in [0.2, 0.25) is 0 Å². The Labute approximate surface area is 111 Å². The Morgan fingerprint density at radius 1 is 1.42 bits per heavy atom. The number of carbonyl (C=O) groups is 1. The van der Waals surface area contributed by atoms with Gasteiger partial charge >= 0.3 is 5.97 Å². The molecule has 0 aliphatic carbocycles. The Morgan fingerprint density at radius 3 is 2.42 bits per heavy atom. The summed E-state index contributed by atoms with van der Waals surface area (Å²) in [4.78, 5) is 22.8. The molecule has 1 N–H and O–H groups in total. The van der Waals surface area contributed by atoms with E-state index in [1.807, 2.05) is 6.92 Å². The van der Waals surface area contributed by atoms with Gasteiger partial charge in [-0.15, -0.1) is 0 Å². The molecule has 104 valence electrons. The Hall–Kier alpha value is -1.95. The van der Waals surface area contributed by atoms with Gasteiger partial charge in [0.15, 0.2) is 0 Å². The number of rotatable bonds is 7. The zero-order valence-corrected chi connectivity index (χ0v) is 11.1. The molecule has 0 saturated carbocycles. The monoisotopic (exact) mass is 266 g/mol. The minimum absolute atomic E-state index is 0.0640. The van der Waals surface area contributed by atoms with Crippen molar-refractivity contribution in [1.29, 1.82) is 0 Å². The fourth-order valence-electron chi connectivity index (χ4n) is 1.92. The first-order chi connectivity index (χ1) is 8.95. The fraction of sp³-hybridized carbons (Fsp3) is 0.462. The van der Waals surface area contributed by atoms with Gasteiger partial charge < -0.3 is 5.11 Å². The van der Waals surface area contributed by atoms with Crippen molar-refractivity contribution in [3.05, 3.63) is 39.9 Å². The van der Waals surface area contributed by atoms with Crippen molar-refractivity contribution in [3.8, 4) is 0 Å². The lowest BCUT2D eigenvalue weighted by atomic mass is 10.1. The molecule has 19 heavy (non-hydrogen) atoms. The van der Waals surface area contributed by atoms with Crippen LogP contribution in [-0.2, 0) is 11.2 Å². The van der Waals surface area contributed by atoms with Crippen molar-refractivity contribution in [1.82, 2.24) is 4.90 Å². The summed E-state index contributed by atoms with van der Waals surface area (Å²) in [5.41, 5.74) is 1.02. The van der Waals surface area contributed by atoms with Crippen molar-refractivity contribution in [2.75, 3.05) is 13.6 Å². The highest BCUT2D eigenvalue weighted by Crippen LogP contribution is 2.13. The second kappa shape index (κ2) is 6.84. The summed E-state index contributed by atoms with van der Waals surface area (Å²) in [6.07, 6.45) is 1.21. The van der Waals surface area contributed by atoms with Crippen LogP contribution in [0.15, 0.2) is 24.3 Å². The van der Waals surface area contributed by atoms with Gasteiger partial charge in [0, 0.05) is 18.7 Å². The minimum atomic E-state index is -0.825. The summed E-state index contributed by atoms with van der Waals surface area (Å²) in [6, 6.07) is 5.84. The summed E-state index contributed by atoms with van der Waals surface area (Å²) in [6.45, 7) is 2.43. The van der Waals surface area contributed by atoms with E-state index in [4.69, 9.17) is 5.11 Å². The number of non-ortho nitro benzene ring substituents is 1. The lowest BCUT2D eigenvalue weighted by Gasteiger charge is -2.23. The number of nitro benzene ring substituents is 1. The molecule has 6 heteroatoms. The highest BCUT2D eigenvalue weighted by Gasteiger charge is 2.19. The Bertz CT molecular complexity index is 444. The zero-order chi connectivity index (χ0) is 14.4. The molecule has 0 aromatic heterocycles. The number of hydrogen-bond acceptors (Lipinski definition) is 4. The number of carboxylic acid groups (broad SMARTS) is 1. The molecule has 1 unspecified atom stereocenters. The van der Waals surface area contributed by atoms with Crippen LogP contribution in [-0.4, -0.2) is 40.5 Å². The van der Waals surface area contributed by atoms with Crippen LogP contribution < -0.4 is 0 Å². The van der Waals surface area contributed by atoms with Gasteiger partial charge in [0.05, 0.1) is 4.92 Å². The van der Waals surface area contributed by atoms with Crippen LogP contribution in [0.3, 0.4) is 0 Å². The molecule has 6 nitrogen and oxygen atoms in total. The number of hydrogen-bond donors (Lipinski definition) is 1. The number of likely N-dealkylation sites (N-methyl/N-ethyl adjacent to an activating group) is 1. The Kier molecular flexibility index (Phi) is 5.44. The van der Waals surface area contributed by atoms with Crippen molar-refractivity contribution in [3.63, 3.8) is 0 Å². The van der Waals surface area contributed by atoms with E-state index in [-0.39, 0.29) is 5.69 Å². The van der Waals surface area contributed by atoms with Crippen LogP contribution >= 0.6 is 0 Å². The molecule has 0 bridgehead atoms. The van der Waals surface area contributed by atoms with Gasteiger partial charge in [0.25, 0.3) is 5.69 Å². The third-order valence-corrected chi connectivity index (χ3v) is 3.10. The first-order valence-corrected chi connectivity index (χ1v) is 6.12. The summed E-state index contributed by atoms with van der Waals surface area (Å²) >= 11 is 0. The van der Waals surface area contributed by atoms with Gasteiger partial charge in [0.2, 0.25) is 0 Å². The summed E-state index contributed by atoms with van der Waals surface area (Å²) in [5.74, 6) is -0.825. The van der Waals surface area contributed by atoms with Crippen molar-refractivity contribution in [2.45, 2.75) is 25.8 Å². The van der Waals surface area contributed by atoms with Crippen molar-refractivity contribution in [2.24, 2.45) is 0 Å². The van der Waals surface area contributed by atoms with E-state index >= 15 is 0 Å². The maximum Gasteiger partial charge on any atom is 0.320 e. The number of aliphatic carboxylic acids is 1. The normalized spacial score (nSPS) is 12.4. The van der Waals surface area contributed by atoms with Crippen LogP contribution in [0.1, 0.15) is 18.9 Å². The van der Waals surface area contributed by atoms with Gasteiger partial charge in [-0.1, -0.05) is 19.1 Å². The molecule has 1 atom stereocenters. The predicted molar refractivity (Wildman–Crippen MR) is 71.1 cm³/mol. The highest BCUT2D eigenvalue weighted by atomic mass is 16.6. The maximum atomic E-state index is 11.0. The van der Waals surface area contributed by atoms with Gasteiger partial charge in [-0.3, -0.25) is 19.8 Å². The van der Waals surface area contributed by atoms with Crippen molar-refractivity contribution >= 4 is 11.7 Å². The fourth-order valence-corrected chi connectivity index (χ4v) is 1.92. The van der Waals surface area contributed by atoms with Gasteiger partial charge in [-0.2, -0.15) is 0 Å². The predicted octanol–water partition coefficient (Wildman–Crippen LogP) is 1.93. The summed E-state index contributed by atoms with van der Waals surface area (Å²) < 4.78 is 0. The van der Waals surface area contributed by atoms with Gasteiger partial charge in [-0.25, -0.2) is 0 Å². The highest BCUT2D eigenvalue weighted by molar-refractivity contribution is 5.73. The van der Waals surface area contributed by atoms with Crippen LogP contribution in [0.4, 0.5) is 5.69 Å². The second-order valence-electron chi connectivity index (χ2n) is 4.42. The van der Waals surface area contributed by atoms with E-state index in [1.54, 1.807) is 24.1 Å². The molecule has 1 aromatic rings. The molecule has 1 rings (SSSR count). The molecule has 0 aliphatic heterocycles. The maximum absolute atomic E-state index is 11.0. The second-order valence-corrected chi connectivity index (χ2v) is 4.42. The number of nitrogens with zero attached hydrogens (tertiary/aromatic N) is 2. The van der Waals surface area contributed by atoms with Gasteiger partial charge in [-0.05, 0) is 25.5 Å². The molecule has 0 fully saturated rings. The molecule has 0 spiro atoms. The molecule has 1 aromatic carbocycles. The number of nitro groups is 1. The van der Waals surface area contributed by atoms with E-state index in [2.05, 4.69) is 0 Å². The SMILES string of the molecule is CCC(C(=O)O)N(C)CCc1ccc([N+](=O)[O-])cc1. The molecular weight excluding hydrogens is 248 g/mol. The smallest absolute Gasteiger partial charge is 0.320 e.